The first-order valence-corrected chi connectivity index (χ1v) is 22.5. The third-order valence-corrected chi connectivity index (χ3v) is 14.6. The van der Waals surface area contributed by atoms with Crippen molar-refractivity contribution in [2.75, 3.05) is 20.8 Å². The molecule has 2 heterocycles. The van der Waals surface area contributed by atoms with Crippen LogP contribution >= 0.6 is 0 Å². The highest BCUT2D eigenvalue weighted by molar-refractivity contribution is 7.91. The van der Waals surface area contributed by atoms with Gasteiger partial charge in [0, 0.05) is 29.5 Å². The molecule has 58 heavy (non-hydrogen) atoms. The average molecular weight is 820 g/mol. The van der Waals surface area contributed by atoms with Crippen LogP contribution in [0.5, 0.6) is 11.6 Å². The van der Waals surface area contributed by atoms with E-state index in [2.05, 4.69) is 33.0 Å². The lowest BCUT2D eigenvalue weighted by atomic mass is 9.96. The fraction of sp³-hybridized carbons (Fsp3) is 0.605. The summed E-state index contributed by atoms with van der Waals surface area (Å²) >= 11 is 0. The van der Waals surface area contributed by atoms with Gasteiger partial charge in [0.1, 0.15) is 29.5 Å². The normalized spacial score (nSPS) is 26.3. The van der Waals surface area contributed by atoms with Gasteiger partial charge in [0.25, 0.3) is 5.91 Å². The fourth-order valence-electron chi connectivity index (χ4n) is 9.22. The van der Waals surface area contributed by atoms with Crippen LogP contribution in [0.2, 0.25) is 0 Å². The molecule has 14 nitrogen and oxygen atoms in total. The third kappa shape index (κ3) is 9.14. The van der Waals surface area contributed by atoms with Crippen LogP contribution in [0.4, 0.5) is 4.79 Å². The molecular weight excluding hydrogens is 763 g/mol. The molecule has 4 aliphatic carbocycles. The molecule has 1 unspecified atom stereocenters. The molecule has 1 aliphatic heterocycles. The molecule has 4 amide bonds. The SMILES string of the molecule is C=C[C@@H]1C[C@]1(NC(=O)[C@@H]1CCCN1C(=O)C(NC(=O)O[C@@H]1CCC[C@H]1CCC/C=C/c1cc2ccc(OC)cc2nc1OC)C1CCCC1)C(=O)NS(=O)(=O)C1CC1. The van der Waals surface area contributed by atoms with E-state index in [1.54, 1.807) is 20.3 Å². The van der Waals surface area contributed by atoms with Crippen molar-refractivity contribution in [2.45, 2.75) is 125 Å². The molecule has 0 bridgehead atoms. The molecule has 314 valence electrons. The topological polar surface area (TPSA) is 182 Å². The molecule has 0 radical (unpaired) electrons. The van der Waals surface area contributed by atoms with Gasteiger partial charge in [-0.2, -0.15) is 0 Å². The van der Waals surface area contributed by atoms with Crippen molar-refractivity contribution in [3.05, 3.63) is 48.6 Å². The number of alkyl carbamates (subject to hydrolysis) is 1. The second kappa shape index (κ2) is 17.7. The maximum atomic E-state index is 14.3. The second-order valence-corrected chi connectivity index (χ2v) is 18.6. The van der Waals surface area contributed by atoms with E-state index in [4.69, 9.17) is 14.2 Å². The lowest BCUT2D eigenvalue weighted by Gasteiger charge is -2.32. The number of fused-ring (bicyclic) bond motifs is 1. The molecule has 4 saturated carbocycles. The number of amides is 4. The van der Waals surface area contributed by atoms with Crippen LogP contribution < -0.4 is 24.8 Å². The van der Waals surface area contributed by atoms with E-state index in [0.29, 0.717) is 38.1 Å². The van der Waals surface area contributed by atoms with Crippen molar-refractivity contribution in [3.8, 4) is 11.6 Å². The van der Waals surface area contributed by atoms with Crippen LogP contribution in [-0.4, -0.2) is 91.9 Å². The van der Waals surface area contributed by atoms with E-state index in [9.17, 15) is 27.6 Å². The molecule has 7 rings (SSSR count). The summed E-state index contributed by atoms with van der Waals surface area (Å²) in [6.45, 7) is 4.10. The number of unbranched alkanes of at least 4 members (excludes halogenated alkanes) is 1. The lowest BCUT2D eigenvalue weighted by Crippen LogP contribution is -2.59. The number of carbonyl (C=O) groups is 4. The van der Waals surface area contributed by atoms with Gasteiger partial charge in [0.2, 0.25) is 27.7 Å². The molecule has 1 aromatic carbocycles. The van der Waals surface area contributed by atoms with E-state index in [0.717, 1.165) is 86.4 Å². The molecule has 6 atom stereocenters. The summed E-state index contributed by atoms with van der Waals surface area (Å²) in [7, 11) is -0.591. The van der Waals surface area contributed by atoms with Gasteiger partial charge < -0.3 is 29.7 Å². The fourth-order valence-corrected chi connectivity index (χ4v) is 10.6. The summed E-state index contributed by atoms with van der Waals surface area (Å²) in [5, 5.41) is 6.15. The number of nitrogens with one attached hydrogen (secondary N) is 3. The Bertz CT molecular complexity index is 2030. The summed E-state index contributed by atoms with van der Waals surface area (Å²) in [4.78, 5) is 61.1. The van der Waals surface area contributed by atoms with Crippen molar-refractivity contribution >= 4 is 50.8 Å². The second-order valence-electron chi connectivity index (χ2n) is 16.7. The van der Waals surface area contributed by atoms with Gasteiger partial charge in [0.05, 0.1) is 25.0 Å². The highest BCUT2D eigenvalue weighted by Gasteiger charge is 2.61. The predicted octanol–water partition coefficient (Wildman–Crippen LogP) is 5.55. The van der Waals surface area contributed by atoms with Crippen molar-refractivity contribution in [3.63, 3.8) is 0 Å². The largest absolute Gasteiger partial charge is 0.497 e. The standard InChI is InChI=1S/C43H57N5O9S/c1-4-31-26-43(31,41(51)47-58(53,54)33-21-22-33)46-38(49)35-17-11-23-48(35)40(50)37(28-13-8-9-14-28)45-42(52)57-36-18-10-16-27(36)12-6-5-7-15-30-24-29-19-20-32(55-2)25-34(29)44-39(30)56-3/h4,7,15,19-20,24-25,27-28,31,33,35-37H,1,5-6,8-14,16-18,21-23,26H2,2-3H3,(H,45,52)(H,46,49)(H,47,51)/b15-7+/t27-,31-,35+,36-,37?,43-/m1/s1. The van der Waals surface area contributed by atoms with Crippen LogP contribution in [0, 0.1) is 17.8 Å². The molecule has 0 spiro atoms. The Morgan fingerprint density at radius 1 is 1.00 bits per heavy atom. The minimum Gasteiger partial charge on any atom is -0.497 e. The molecule has 1 aromatic heterocycles. The number of carbonyl (C=O) groups excluding carboxylic acids is 4. The number of hydrogen-bond acceptors (Lipinski definition) is 10. The number of methoxy groups -OCH3 is 2. The van der Waals surface area contributed by atoms with Gasteiger partial charge in [0.15, 0.2) is 0 Å². The number of hydrogen-bond donors (Lipinski definition) is 3. The zero-order valence-corrected chi connectivity index (χ0v) is 34.4. The maximum Gasteiger partial charge on any atom is 0.408 e. The number of sulfonamides is 1. The minimum atomic E-state index is -3.82. The van der Waals surface area contributed by atoms with Crippen LogP contribution in [0.15, 0.2) is 43.0 Å². The van der Waals surface area contributed by atoms with Crippen LogP contribution in [0.25, 0.3) is 17.0 Å². The summed E-state index contributed by atoms with van der Waals surface area (Å²) in [6.07, 6.45) is 15.8. The Kier molecular flexibility index (Phi) is 12.6. The van der Waals surface area contributed by atoms with Crippen molar-refractivity contribution in [1.82, 2.24) is 25.2 Å². The van der Waals surface area contributed by atoms with E-state index in [1.165, 1.54) is 4.90 Å². The number of benzene rings is 1. The van der Waals surface area contributed by atoms with Gasteiger partial charge in [-0.1, -0.05) is 31.1 Å². The van der Waals surface area contributed by atoms with E-state index in [1.807, 2.05) is 30.3 Å². The molecule has 1 saturated heterocycles. The van der Waals surface area contributed by atoms with Crippen LogP contribution in [0.1, 0.15) is 102 Å². The quantitative estimate of drug-likeness (QED) is 0.135. The molecule has 2 aromatic rings. The predicted molar refractivity (Wildman–Crippen MR) is 218 cm³/mol. The average Bonchev–Trinajstić information content (AvgIpc) is 3.97. The smallest absolute Gasteiger partial charge is 0.408 e. The zero-order chi connectivity index (χ0) is 41.0. The number of likely N-dealkylation sites (tertiary alicyclic amines) is 1. The maximum absolute atomic E-state index is 14.3. The Balaban J connectivity index is 0.935. The van der Waals surface area contributed by atoms with E-state index >= 15 is 0 Å². The van der Waals surface area contributed by atoms with Gasteiger partial charge in [-0.15, -0.1) is 6.58 Å². The molecule has 5 aliphatic rings. The highest BCUT2D eigenvalue weighted by atomic mass is 32.2. The molecule has 3 N–H and O–H groups in total. The Morgan fingerprint density at radius 3 is 2.50 bits per heavy atom. The first-order valence-electron chi connectivity index (χ1n) is 20.9. The molecule has 5 fully saturated rings. The first-order chi connectivity index (χ1) is 28.0. The van der Waals surface area contributed by atoms with E-state index < -0.39 is 56.7 Å². The van der Waals surface area contributed by atoms with Crippen molar-refractivity contribution in [2.24, 2.45) is 17.8 Å². The Hall–Kier alpha value is -4.66. The monoisotopic (exact) mass is 819 g/mol. The highest BCUT2D eigenvalue weighted by Crippen LogP contribution is 2.45. The Labute approximate surface area is 340 Å². The summed E-state index contributed by atoms with van der Waals surface area (Å²) < 4.78 is 44.3. The van der Waals surface area contributed by atoms with Crippen molar-refractivity contribution in [1.29, 1.82) is 0 Å². The van der Waals surface area contributed by atoms with Crippen LogP contribution in [-0.2, 0) is 29.1 Å². The summed E-state index contributed by atoms with van der Waals surface area (Å²) in [5.74, 6) is -0.654. The lowest BCUT2D eigenvalue weighted by molar-refractivity contribution is -0.142. The molecule has 15 heteroatoms. The van der Waals surface area contributed by atoms with Gasteiger partial charge in [-0.05, 0) is 114 Å². The molecular formula is C43H57N5O9S. The van der Waals surface area contributed by atoms with Gasteiger partial charge in [-0.25, -0.2) is 18.2 Å². The third-order valence-electron chi connectivity index (χ3n) is 12.8. The summed E-state index contributed by atoms with van der Waals surface area (Å²) in [6, 6.07) is 6.10. The number of aromatic nitrogens is 1. The number of pyridine rings is 1. The number of allylic oxidation sites excluding steroid dienone is 1. The van der Waals surface area contributed by atoms with Gasteiger partial charge in [-0.3, -0.25) is 19.1 Å². The summed E-state index contributed by atoms with van der Waals surface area (Å²) in [5.41, 5.74) is 0.254. The number of rotatable bonds is 17. The zero-order valence-electron chi connectivity index (χ0n) is 33.6. The van der Waals surface area contributed by atoms with Crippen molar-refractivity contribution < 1.29 is 41.8 Å². The van der Waals surface area contributed by atoms with Crippen LogP contribution in [0.3, 0.4) is 0 Å². The Morgan fingerprint density at radius 2 is 1.79 bits per heavy atom. The first kappa shape index (κ1) is 41.5. The number of nitrogens with zero attached hydrogens (tertiary/aromatic N) is 2. The van der Waals surface area contributed by atoms with Gasteiger partial charge >= 0.3 is 6.09 Å². The number of ether oxygens (including phenoxy) is 3. The van der Waals surface area contributed by atoms with E-state index in [-0.39, 0.29) is 30.3 Å². The minimum absolute atomic E-state index is 0.0897.